The van der Waals surface area contributed by atoms with Crippen LogP contribution < -0.4 is 0 Å². The summed E-state index contributed by atoms with van der Waals surface area (Å²) in [7, 11) is -3.59. The number of carbonyl (C=O) groups excluding carboxylic acids is 1. The van der Waals surface area contributed by atoms with E-state index in [9.17, 15) is 13.2 Å². The van der Waals surface area contributed by atoms with Crippen molar-refractivity contribution >= 4 is 38.6 Å². The largest absolute Gasteiger partial charge is 0.330 e. The summed E-state index contributed by atoms with van der Waals surface area (Å²) in [5.41, 5.74) is 1.22. The van der Waals surface area contributed by atoms with Crippen molar-refractivity contribution in [1.29, 1.82) is 0 Å². The number of amides is 1. The van der Waals surface area contributed by atoms with Crippen LogP contribution >= 0.6 is 22.7 Å². The Hall–Kier alpha value is -1.22. The van der Waals surface area contributed by atoms with Gasteiger partial charge in [0.25, 0.3) is 5.91 Å². The number of thiophene rings is 2. The van der Waals surface area contributed by atoms with Crippen LogP contribution in [0, 0.1) is 0 Å². The first-order valence-electron chi connectivity index (χ1n) is 8.99. The molecule has 26 heavy (non-hydrogen) atoms. The Morgan fingerprint density at radius 3 is 2.62 bits per heavy atom. The molecule has 0 aliphatic carbocycles. The molecule has 1 saturated heterocycles. The number of hydrogen-bond donors (Lipinski definition) is 0. The number of carbonyl (C=O) groups is 1. The maximum Gasteiger partial charge on any atom is 0.265 e. The summed E-state index contributed by atoms with van der Waals surface area (Å²) in [6, 6.07) is 3.72. The normalized spacial score (nSPS) is 21.1. The van der Waals surface area contributed by atoms with Crippen molar-refractivity contribution < 1.29 is 13.2 Å². The van der Waals surface area contributed by atoms with Crippen molar-refractivity contribution in [3.8, 4) is 0 Å². The number of rotatable bonds is 4. The maximum absolute atomic E-state index is 13.3. The van der Waals surface area contributed by atoms with Gasteiger partial charge in [-0.25, -0.2) is 8.42 Å². The van der Waals surface area contributed by atoms with Gasteiger partial charge in [-0.15, -0.1) is 22.7 Å². The molecule has 0 aromatic carbocycles. The van der Waals surface area contributed by atoms with Crippen molar-refractivity contribution in [3.63, 3.8) is 0 Å². The van der Waals surface area contributed by atoms with E-state index in [0.717, 1.165) is 25.7 Å². The molecule has 0 bridgehead atoms. The zero-order valence-corrected chi connectivity index (χ0v) is 17.1. The Bertz CT molecular complexity index is 910. The predicted octanol–water partition coefficient (Wildman–Crippen LogP) is 3.74. The fourth-order valence-electron chi connectivity index (χ4n) is 3.93. The summed E-state index contributed by atoms with van der Waals surface area (Å²) in [4.78, 5) is 17.0. The summed E-state index contributed by atoms with van der Waals surface area (Å²) in [6.07, 6.45) is 3.44. The number of fused-ring (bicyclic) bond motifs is 1. The molecule has 4 heterocycles. The van der Waals surface area contributed by atoms with Gasteiger partial charge in [-0.2, -0.15) is 4.31 Å². The van der Waals surface area contributed by atoms with Crippen molar-refractivity contribution in [2.24, 2.45) is 0 Å². The first-order chi connectivity index (χ1) is 12.5. The molecule has 5 nitrogen and oxygen atoms in total. The SMILES string of the molecule is CCC1c2ccsc2CCN1C(=O)c1sccc1S(=O)(=O)N1CCCC1. The zero-order valence-electron chi connectivity index (χ0n) is 14.7. The van der Waals surface area contributed by atoms with Crippen LogP contribution in [0.5, 0.6) is 0 Å². The lowest BCUT2D eigenvalue weighted by atomic mass is 9.97. The first kappa shape index (κ1) is 18.2. The molecule has 140 valence electrons. The minimum atomic E-state index is -3.59. The summed E-state index contributed by atoms with van der Waals surface area (Å²) in [5, 5.41) is 3.80. The molecule has 0 saturated carbocycles. The van der Waals surface area contributed by atoms with E-state index in [1.165, 1.54) is 26.1 Å². The van der Waals surface area contributed by atoms with Crippen LogP contribution in [-0.4, -0.2) is 43.2 Å². The van der Waals surface area contributed by atoms with E-state index in [-0.39, 0.29) is 16.8 Å². The van der Waals surface area contributed by atoms with Crippen molar-refractivity contribution in [2.45, 2.75) is 43.5 Å². The second kappa shape index (κ2) is 7.07. The van der Waals surface area contributed by atoms with Gasteiger partial charge in [0.1, 0.15) is 9.77 Å². The highest BCUT2D eigenvalue weighted by Gasteiger charge is 2.36. The topological polar surface area (TPSA) is 57.7 Å². The quantitative estimate of drug-likeness (QED) is 0.771. The fraction of sp³-hybridized carbons (Fsp3) is 0.500. The number of sulfonamides is 1. The third-order valence-electron chi connectivity index (χ3n) is 5.25. The minimum Gasteiger partial charge on any atom is -0.330 e. The highest BCUT2D eigenvalue weighted by Crippen LogP contribution is 2.37. The molecular formula is C18H22N2O3S3. The lowest BCUT2D eigenvalue weighted by molar-refractivity contribution is 0.0659. The van der Waals surface area contributed by atoms with Crippen LogP contribution in [0.15, 0.2) is 27.8 Å². The molecule has 1 amide bonds. The molecule has 0 N–H and O–H groups in total. The predicted molar refractivity (Wildman–Crippen MR) is 104 cm³/mol. The highest BCUT2D eigenvalue weighted by molar-refractivity contribution is 7.89. The Morgan fingerprint density at radius 2 is 1.88 bits per heavy atom. The van der Waals surface area contributed by atoms with E-state index < -0.39 is 10.0 Å². The summed E-state index contributed by atoms with van der Waals surface area (Å²) >= 11 is 2.98. The van der Waals surface area contributed by atoms with Crippen molar-refractivity contribution in [1.82, 2.24) is 9.21 Å². The third kappa shape index (κ3) is 2.93. The lowest BCUT2D eigenvalue weighted by Gasteiger charge is -2.35. The molecule has 2 aromatic heterocycles. The van der Waals surface area contributed by atoms with Crippen LogP contribution in [0.3, 0.4) is 0 Å². The minimum absolute atomic E-state index is 0.0296. The van der Waals surface area contributed by atoms with Gasteiger partial charge in [-0.05, 0) is 54.1 Å². The number of hydrogen-bond acceptors (Lipinski definition) is 5. The van der Waals surface area contributed by atoms with Crippen LogP contribution in [-0.2, 0) is 16.4 Å². The van der Waals surface area contributed by atoms with Gasteiger partial charge >= 0.3 is 0 Å². The second-order valence-corrected chi connectivity index (χ2v) is 10.5. The van der Waals surface area contributed by atoms with E-state index in [4.69, 9.17) is 0 Å². The smallest absolute Gasteiger partial charge is 0.265 e. The summed E-state index contributed by atoms with van der Waals surface area (Å²) < 4.78 is 27.5. The van der Waals surface area contributed by atoms with Gasteiger partial charge in [-0.1, -0.05) is 6.92 Å². The third-order valence-corrected chi connectivity index (χ3v) is 9.22. The van der Waals surface area contributed by atoms with Crippen molar-refractivity contribution in [2.75, 3.05) is 19.6 Å². The van der Waals surface area contributed by atoms with Gasteiger partial charge in [-0.3, -0.25) is 4.79 Å². The van der Waals surface area contributed by atoms with E-state index in [0.29, 0.717) is 24.5 Å². The highest BCUT2D eigenvalue weighted by atomic mass is 32.2. The van der Waals surface area contributed by atoms with Gasteiger partial charge in [0.2, 0.25) is 10.0 Å². The average molecular weight is 411 g/mol. The molecular weight excluding hydrogens is 388 g/mol. The molecule has 2 aliphatic rings. The van der Waals surface area contributed by atoms with Crippen LogP contribution in [0.2, 0.25) is 0 Å². The molecule has 8 heteroatoms. The monoisotopic (exact) mass is 410 g/mol. The van der Waals surface area contributed by atoms with E-state index >= 15 is 0 Å². The molecule has 1 fully saturated rings. The first-order valence-corrected chi connectivity index (χ1v) is 12.2. The van der Waals surface area contributed by atoms with E-state index in [2.05, 4.69) is 18.4 Å². The standard InChI is InChI=1S/C18H22N2O3S3/c1-2-14-13-6-11-24-15(13)5-10-20(14)18(21)17-16(7-12-25-17)26(22,23)19-8-3-4-9-19/h6-7,11-12,14H,2-5,8-10H2,1H3. The Labute approximate surface area is 162 Å². The molecule has 2 aliphatic heterocycles. The second-order valence-electron chi connectivity index (χ2n) is 6.70. The van der Waals surface area contributed by atoms with Gasteiger partial charge in [0.15, 0.2) is 0 Å². The zero-order chi connectivity index (χ0) is 18.3. The maximum atomic E-state index is 13.3. The summed E-state index contributed by atoms with van der Waals surface area (Å²) in [5.74, 6) is -0.151. The Morgan fingerprint density at radius 1 is 1.15 bits per heavy atom. The van der Waals surface area contributed by atoms with Gasteiger partial charge in [0, 0.05) is 24.5 Å². The number of nitrogens with zero attached hydrogens (tertiary/aromatic N) is 2. The Kier molecular flexibility index (Phi) is 4.94. The molecule has 1 unspecified atom stereocenters. The molecule has 4 rings (SSSR count). The van der Waals surface area contributed by atoms with Gasteiger partial charge in [0.05, 0.1) is 6.04 Å². The van der Waals surface area contributed by atoms with E-state index in [1.54, 1.807) is 22.8 Å². The van der Waals surface area contributed by atoms with Crippen LogP contribution in [0.1, 0.15) is 52.3 Å². The van der Waals surface area contributed by atoms with E-state index in [1.807, 2.05) is 4.90 Å². The van der Waals surface area contributed by atoms with Gasteiger partial charge < -0.3 is 4.90 Å². The fourth-order valence-corrected chi connectivity index (χ4v) is 7.73. The molecule has 0 radical (unpaired) electrons. The molecule has 0 spiro atoms. The lowest BCUT2D eigenvalue weighted by Crippen LogP contribution is -2.40. The molecule has 1 atom stereocenters. The van der Waals surface area contributed by atoms with Crippen LogP contribution in [0.25, 0.3) is 0 Å². The molecule has 2 aromatic rings. The summed E-state index contributed by atoms with van der Waals surface area (Å²) in [6.45, 7) is 3.82. The average Bonchev–Trinajstić information content (AvgIpc) is 3.40. The van der Waals surface area contributed by atoms with Crippen LogP contribution in [0.4, 0.5) is 0 Å². The van der Waals surface area contributed by atoms with Crippen molar-refractivity contribution in [3.05, 3.63) is 38.2 Å². The Balaban J connectivity index is 1.67.